The van der Waals surface area contributed by atoms with Crippen molar-refractivity contribution >= 4 is 23.7 Å². The Labute approximate surface area is 167 Å². The molecule has 0 radical (unpaired) electrons. The predicted molar refractivity (Wildman–Crippen MR) is 103 cm³/mol. The van der Waals surface area contributed by atoms with Crippen LogP contribution in [0.2, 0.25) is 0 Å². The second-order valence-corrected chi connectivity index (χ2v) is 7.32. The Hall–Kier alpha value is -3.48. The molecular weight excluding hydrogens is 372 g/mol. The van der Waals surface area contributed by atoms with E-state index in [0.717, 1.165) is 5.56 Å². The van der Waals surface area contributed by atoms with Gasteiger partial charge in [0.1, 0.15) is 0 Å². The fourth-order valence-electron chi connectivity index (χ4n) is 3.65. The summed E-state index contributed by atoms with van der Waals surface area (Å²) in [5.74, 6) is -2.73. The standard InChI is InChI=1S/C22H20N2O5/c1-14-8-10-15(11-9-14)19(25)23-12-4-5-16(13-23)22(28)29-24-20(26)17-6-2-3-7-18(17)21(24)27/h2-3,6-11,16H,4-5,12-13H2,1H3. The number of hydrogen-bond donors (Lipinski definition) is 0. The molecule has 2 aromatic carbocycles. The third-order valence-electron chi connectivity index (χ3n) is 5.28. The van der Waals surface area contributed by atoms with Crippen molar-refractivity contribution in [1.29, 1.82) is 0 Å². The van der Waals surface area contributed by atoms with Crippen LogP contribution in [-0.4, -0.2) is 46.7 Å². The molecular formula is C22H20N2O5. The van der Waals surface area contributed by atoms with Gasteiger partial charge in [-0.25, -0.2) is 4.79 Å². The number of amides is 3. The summed E-state index contributed by atoms with van der Waals surface area (Å²) in [6.45, 7) is 2.68. The quantitative estimate of drug-likeness (QED) is 0.750. The number of carbonyl (C=O) groups is 4. The highest BCUT2D eigenvalue weighted by Gasteiger charge is 2.40. The second kappa shape index (κ2) is 7.50. The number of aryl methyl sites for hydroxylation is 1. The lowest BCUT2D eigenvalue weighted by Crippen LogP contribution is -2.44. The lowest BCUT2D eigenvalue weighted by Gasteiger charge is -2.32. The topological polar surface area (TPSA) is 84.0 Å². The van der Waals surface area contributed by atoms with Gasteiger partial charge in [0.05, 0.1) is 17.0 Å². The van der Waals surface area contributed by atoms with E-state index in [4.69, 9.17) is 4.84 Å². The molecule has 0 aromatic heterocycles. The number of hydroxylamine groups is 2. The van der Waals surface area contributed by atoms with E-state index in [0.29, 0.717) is 30.0 Å². The Balaban J connectivity index is 1.43. The normalized spacial score (nSPS) is 18.6. The molecule has 0 N–H and O–H groups in total. The van der Waals surface area contributed by atoms with Gasteiger partial charge in [0.2, 0.25) is 0 Å². The van der Waals surface area contributed by atoms with Crippen molar-refractivity contribution in [3.05, 3.63) is 70.8 Å². The fourth-order valence-corrected chi connectivity index (χ4v) is 3.65. The molecule has 3 amide bonds. The van der Waals surface area contributed by atoms with Gasteiger partial charge < -0.3 is 9.74 Å². The van der Waals surface area contributed by atoms with Crippen molar-refractivity contribution in [3.63, 3.8) is 0 Å². The molecule has 4 rings (SSSR count). The molecule has 0 bridgehead atoms. The molecule has 0 aliphatic carbocycles. The third kappa shape index (κ3) is 3.51. The smallest absolute Gasteiger partial charge is 0.338 e. The van der Waals surface area contributed by atoms with Crippen LogP contribution in [0.15, 0.2) is 48.5 Å². The van der Waals surface area contributed by atoms with Crippen LogP contribution >= 0.6 is 0 Å². The van der Waals surface area contributed by atoms with E-state index in [-0.39, 0.29) is 23.6 Å². The zero-order valence-electron chi connectivity index (χ0n) is 16.0. The van der Waals surface area contributed by atoms with Gasteiger partial charge in [0, 0.05) is 18.7 Å². The number of benzene rings is 2. The van der Waals surface area contributed by atoms with Crippen LogP contribution in [0.5, 0.6) is 0 Å². The highest BCUT2D eigenvalue weighted by atomic mass is 16.7. The van der Waals surface area contributed by atoms with Gasteiger partial charge in [-0.3, -0.25) is 14.4 Å². The molecule has 1 saturated heterocycles. The Morgan fingerprint density at radius 1 is 0.966 bits per heavy atom. The van der Waals surface area contributed by atoms with E-state index in [2.05, 4.69) is 0 Å². The highest BCUT2D eigenvalue weighted by molar-refractivity contribution is 6.20. The second-order valence-electron chi connectivity index (χ2n) is 7.32. The summed E-state index contributed by atoms with van der Waals surface area (Å²) in [5.41, 5.74) is 2.04. The molecule has 2 aromatic rings. The molecule has 148 valence electrons. The van der Waals surface area contributed by atoms with Crippen LogP contribution in [0, 0.1) is 12.8 Å². The SMILES string of the molecule is Cc1ccc(C(=O)N2CCCC(C(=O)ON3C(=O)c4ccccc4C3=O)C2)cc1. The third-order valence-corrected chi connectivity index (χ3v) is 5.28. The van der Waals surface area contributed by atoms with Crippen LogP contribution in [0.1, 0.15) is 49.5 Å². The minimum absolute atomic E-state index is 0.150. The van der Waals surface area contributed by atoms with Crippen molar-refractivity contribution in [1.82, 2.24) is 9.96 Å². The summed E-state index contributed by atoms with van der Waals surface area (Å²) in [4.78, 5) is 56.9. The van der Waals surface area contributed by atoms with E-state index >= 15 is 0 Å². The maximum absolute atomic E-state index is 12.7. The number of imide groups is 1. The van der Waals surface area contributed by atoms with Gasteiger partial charge in [0.25, 0.3) is 17.7 Å². The lowest BCUT2D eigenvalue weighted by molar-refractivity contribution is -0.175. The van der Waals surface area contributed by atoms with Crippen molar-refractivity contribution in [3.8, 4) is 0 Å². The summed E-state index contributed by atoms with van der Waals surface area (Å²) >= 11 is 0. The molecule has 2 aliphatic heterocycles. The molecule has 7 nitrogen and oxygen atoms in total. The van der Waals surface area contributed by atoms with E-state index in [1.54, 1.807) is 29.2 Å². The molecule has 2 aliphatic rings. The summed E-state index contributed by atoms with van der Waals surface area (Å²) < 4.78 is 0. The number of rotatable bonds is 3. The first-order valence-corrected chi connectivity index (χ1v) is 9.51. The van der Waals surface area contributed by atoms with Crippen LogP contribution < -0.4 is 0 Å². The minimum Gasteiger partial charge on any atom is -0.338 e. The minimum atomic E-state index is -0.680. The predicted octanol–water partition coefficient (Wildman–Crippen LogP) is 2.60. The van der Waals surface area contributed by atoms with Gasteiger partial charge in [0.15, 0.2) is 0 Å². The van der Waals surface area contributed by atoms with Crippen molar-refractivity contribution in [2.45, 2.75) is 19.8 Å². The average molecular weight is 392 g/mol. The number of fused-ring (bicyclic) bond motifs is 1. The zero-order valence-corrected chi connectivity index (χ0v) is 16.0. The number of likely N-dealkylation sites (tertiary alicyclic amines) is 1. The van der Waals surface area contributed by atoms with Gasteiger partial charge in [-0.1, -0.05) is 34.9 Å². The zero-order chi connectivity index (χ0) is 20.5. The maximum Gasteiger partial charge on any atom is 0.338 e. The number of piperidine rings is 1. The van der Waals surface area contributed by atoms with Crippen LogP contribution in [0.3, 0.4) is 0 Å². The van der Waals surface area contributed by atoms with Crippen LogP contribution in [-0.2, 0) is 9.63 Å². The maximum atomic E-state index is 12.7. The van der Waals surface area contributed by atoms with Crippen molar-refractivity contribution < 1.29 is 24.0 Å². The molecule has 1 atom stereocenters. The van der Waals surface area contributed by atoms with E-state index in [9.17, 15) is 19.2 Å². The fraction of sp³-hybridized carbons (Fsp3) is 0.273. The van der Waals surface area contributed by atoms with E-state index in [1.165, 1.54) is 12.1 Å². The monoisotopic (exact) mass is 392 g/mol. The average Bonchev–Trinajstić information content (AvgIpc) is 2.99. The molecule has 1 unspecified atom stereocenters. The molecule has 1 fully saturated rings. The lowest BCUT2D eigenvalue weighted by atomic mass is 9.97. The largest absolute Gasteiger partial charge is 0.338 e. The molecule has 29 heavy (non-hydrogen) atoms. The Morgan fingerprint density at radius 2 is 1.59 bits per heavy atom. The van der Waals surface area contributed by atoms with E-state index in [1.807, 2.05) is 19.1 Å². The molecule has 0 spiro atoms. The first-order chi connectivity index (χ1) is 14.0. The summed E-state index contributed by atoms with van der Waals surface area (Å²) in [6, 6.07) is 13.6. The first-order valence-electron chi connectivity index (χ1n) is 9.51. The summed E-state index contributed by atoms with van der Waals surface area (Å²) in [6.07, 6.45) is 1.17. The van der Waals surface area contributed by atoms with Crippen molar-refractivity contribution in [2.75, 3.05) is 13.1 Å². The van der Waals surface area contributed by atoms with Gasteiger partial charge in [-0.05, 0) is 44.0 Å². The Morgan fingerprint density at radius 3 is 2.21 bits per heavy atom. The number of hydrogen-bond acceptors (Lipinski definition) is 5. The Kier molecular flexibility index (Phi) is 4.88. The number of nitrogens with zero attached hydrogens (tertiary/aromatic N) is 2. The van der Waals surface area contributed by atoms with Crippen molar-refractivity contribution in [2.24, 2.45) is 5.92 Å². The van der Waals surface area contributed by atoms with Gasteiger partial charge in [-0.15, -0.1) is 0 Å². The van der Waals surface area contributed by atoms with Gasteiger partial charge in [-0.2, -0.15) is 0 Å². The molecule has 2 heterocycles. The van der Waals surface area contributed by atoms with Gasteiger partial charge >= 0.3 is 5.97 Å². The first kappa shape index (κ1) is 18.9. The van der Waals surface area contributed by atoms with Crippen LogP contribution in [0.25, 0.3) is 0 Å². The Bertz CT molecular complexity index is 964. The van der Waals surface area contributed by atoms with Crippen LogP contribution in [0.4, 0.5) is 0 Å². The highest BCUT2D eigenvalue weighted by Crippen LogP contribution is 2.25. The molecule has 7 heteroatoms. The summed E-state index contributed by atoms with van der Waals surface area (Å²) in [7, 11) is 0. The molecule has 0 saturated carbocycles. The van der Waals surface area contributed by atoms with E-state index < -0.39 is 23.7 Å². The summed E-state index contributed by atoms with van der Waals surface area (Å²) in [5, 5.41) is 0.522. The number of carbonyl (C=O) groups excluding carboxylic acids is 4.